The number of anilines is 2. The Hall–Kier alpha value is -1.35. The van der Waals surface area contributed by atoms with E-state index in [0.29, 0.717) is 5.69 Å². The summed E-state index contributed by atoms with van der Waals surface area (Å²) in [6.45, 7) is 0. The Kier molecular flexibility index (Phi) is 3.95. The third-order valence-electron chi connectivity index (χ3n) is 2.40. The van der Waals surface area contributed by atoms with Crippen molar-refractivity contribution in [1.29, 1.82) is 0 Å². The zero-order chi connectivity index (χ0) is 14.0. The van der Waals surface area contributed by atoms with Crippen LogP contribution in [0.2, 0.25) is 0 Å². The minimum absolute atomic E-state index is 0.0777. The molecule has 0 unspecified atom stereocenters. The van der Waals surface area contributed by atoms with E-state index in [1.54, 1.807) is 24.3 Å². The lowest BCUT2D eigenvalue weighted by atomic mass is 10.3. The first-order valence-corrected chi connectivity index (χ1v) is 7.79. The number of benzene rings is 2. The molecule has 0 spiro atoms. The summed E-state index contributed by atoms with van der Waals surface area (Å²) in [5.41, 5.74) is 5.63. The van der Waals surface area contributed by atoms with Crippen LogP contribution in [0.5, 0.6) is 0 Å². The molecule has 0 aromatic heterocycles. The lowest BCUT2D eigenvalue weighted by Gasteiger charge is -2.10. The molecule has 7 heteroatoms. The predicted molar refractivity (Wildman–Crippen MR) is 80.8 cm³/mol. The van der Waals surface area contributed by atoms with E-state index in [9.17, 15) is 12.8 Å². The van der Waals surface area contributed by atoms with Crippen molar-refractivity contribution in [2.45, 2.75) is 4.90 Å². The van der Waals surface area contributed by atoms with Crippen molar-refractivity contribution in [1.82, 2.24) is 0 Å². The molecule has 4 nitrogen and oxygen atoms in total. The Morgan fingerprint density at radius 1 is 1.16 bits per heavy atom. The van der Waals surface area contributed by atoms with Gasteiger partial charge in [-0.1, -0.05) is 12.1 Å². The molecule has 0 aliphatic heterocycles. The largest absolute Gasteiger partial charge is 0.396 e. The molecule has 0 fully saturated rings. The van der Waals surface area contributed by atoms with Crippen LogP contribution in [0.25, 0.3) is 0 Å². The molecule has 0 saturated carbocycles. The molecule has 0 atom stereocenters. The number of rotatable bonds is 3. The molecule has 0 saturated heterocycles. The van der Waals surface area contributed by atoms with Crippen LogP contribution in [-0.4, -0.2) is 8.42 Å². The average molecular weight is 392 g/mol. The van der Waals surface area contributed by atoms with Crippen LogP contribution in [0, 0.1) is 9.39 Å². The molecule has 0 bridgehead atoms. The topological polar surface area (TPSA) is 72.2 Å². The molecule has 2 aromatic carbocycles. The average Bonchev–Trinajstić information content (AvgIpc) is 2.35. The predicted octanol–water partition coefficient (Wildman–Crippen LogP) is 2.81. The van der Waals surface area contributed by atoms with E-state index in [1.165, 1.54) is 6.07 Å². The molecule has 0 radical (unpaired) electrons. The van der Waals surface area contributed by atoms with Gasteiger partial charge in [-0.25, -0.2) is 12.8 Å². The van der Waals surface area contributed by atoms with Gasteiger partial charge in [-0.3, -0.25) is 4.72 Å². The zero-order valence-corrected chi connectivity index (χ0v) is 12.6. The van der Waals surface area contributed by atoms with Gasteiger partial charge < -0.3 is 5.73 Å². The quantitative estimate of drug-likeness (QED) is 0.624. The van der Waals surface area contributed by atoms with Gasteiger partial charge in [0.15, 0.2) is 0 Å². The van der Waals surface area contributed by atoms with Gasteiger partial charge in [-0.15, -0.1) is 0 Å². The second kappa shape index (κ2) is 5.33. The monoisotopic (exact) mass is 392 g/mol. The lowest BCUT2D eigenvalue weighted by molar-refractivity contribution is 0.600. The van der Waals surface area contributed by atoms with E-state index >= 15 is 0 Å². The summed E-state index contributed by atoms with van der Waals surface area (Å²) in [5, 5.41) is 0. The van der Waals surface area contributed by atoms with Crippen molar-refractivity contribution in [2.24, 2.45) is 0 Å². The highest BCUT2D eigenvalue weighted by Gasteiger charge is 2.16. The standard InChI is InChI=1S/C12H10FIN2O2S/c13-9-6-5-8(7-11(9)15)19(17,18)16-12-4-2-1-3-10(12)14/h1-7,16H,15H2. The molecule has 100 valence electrons. The molecule has 0 aliphatic carbocycles. The maximum atomic E-state index is 13.0. The van der Waals surface area contributed by atoms with E-state index in [0.717, 1.165) is 15.7 Å². The first-order valence-electron chi connectivity index (χ1n) is 5.22. The maximum absolute atomic E-state index is 13.0. The van der Waals surface area contributed by atoms with E-state index in [1.807, 2.05) is 22.6 Å². The van der Waals surface area contributed by atoms with E-state index in [4.69, 9.17) is 5.73 Å². The fourth-order valence-electron chi connectivity index (χ4n) is 1.44. The molecular formula is C12H10FIN2O2S. The Balaban J connectivity index is 2.38. The molecule has 2 rings (SSSR count). The number of sulfonamides is 1. The van der Waals surface area contributed by atoms with Crippen LogP contribution >= 0.6 is 22.6 Å². The van der Waals surface area contributed by atoms with Crippen molar-refractivity contribution in [3.05, 3.63) is 51.9 Å². The van der Waals surface area contributed by atoms with E-state index < -0.39 is 15.8 Å². The highest BCUT2D eigenvalue weighted by Crippen LogP contribution is 2.23. The molecule has 0 amide bonds. The van der Waals surface area contributed by atoms with Gasteiger partial charge in [0, 0.05) is 3.57 Å². The third kappa shape index (κ3) is 3.16. The van der Waals surface area contributed by atoms with Crippen molar-refractivity contribution in [3.63, 3.8) is 0 Å². The summed E-state index contributed by atoms with van der Waals surface area (Å²) < 4.78 is 40.5. The van der Waals surface area contributed by atoms with Gasteiger partial charge in [-0.2, -0.15) is 0 Å². The normalized spacial score (nSPS) is 11.3. The molecule has 3 N–H and O–H groups in total. The summed E-state index contributed by atoms with van der Waals surface area (Å²) in [7, 11) is -3.78. The number of para-hydroxylation sites is 1. The Morgan fingerprint density at radius 3 is 2.47 bits per heavy atom. The minimum atomic E-state index is -3.78. The van der Waals surface area contributed by atoms with Crippen LogP contribution in [0.4, 0.5) is 15.8 Å². The SMILES string of the molecule is Nc1cc(S(=O)(=O)Nc2ccccc2I)ccc1F. The van der Waals surface area contributed by atoms with Gasteiger partial charge in [0.25, 0.3) is 10.0 Å². The minimum Gasteiger partial charge on any atom is -0.396 e. The summed E-state index contributed by atoms with van der Waals surface area (Å²) in [5.74, 6) is -0.645. The molecule has 0 heterocycles. The Bertz CT molecular complexity index is 719. The van der Waals surface area contributed by atoms with Crippen LogP contribution in [0.1, 0.15) is 0 Å². The molecule has 2 aromatic rings. The number of hydrogen-bond donors (Lipinski definition) is 2. The van der Waals surface area contributed by atoms with Crippen LogP contribution in [0.3, 0.4) is 0 Å². The number of nitrogens with one attached hydrogen (secondary N) is 1. The van der Waals surface area contributed by atoms with Crippen molar-refractivity contribution in [2.75, 3.05) is 10.5 Å². The summed E-state index contributed by atoms with van der Waals surface area (Å²) in [6.07, 6.45) is 0. The first kappa shape index (κ1) is 14.1. The second-order valence-electron chi connectivity index (χ2n) is 3.77. The lowest BCUT2D eigenvalue weighted by Crippen LogP contribution is -2.14. The van der Waals surface area contributed by atoms with Gasteiger partial charge >= 0.3 is 0 Å². The molecular weight excluding hydrogens is 382 g/mol. The number of hydrogen-bond acceptors (Lipinski definition) is 3. The van der Waals surface area contributed by atoms with E-state index in [2.05, 4.69) is 4.72 Å². The number of nitrogens with two attached hydrogens (primary N) is 1. The molecule has 0 aliphatic rings. The van der Waals surface area contributed by atoms with Crippen molar-refractivity contribution < 1.29 is 12.8 Å². The van der Waals surface area contributed by atoms with Gasteiger partial charge in [0.2, 0.25) is 0 Å². The number of halogens is 2. The van der Waals surface area contributed by atoms with Crippen LogP contribution in [0.15, 0.2) is 47.4 Å². The third-order valence-corrected chi connectivity index (χ3v) is 4.70. The summed E-state index contributed by atoms with van der Waals surface area (Å²) in [4.78, 5) is -0.0777. The maximum Gasteiger partial charge on any atom is 0.262 e. The smallest absolute Gasteiger partial charge is 0.262 e. The summed E-state index contributed by atoms with van der Waals surface area (Å²) in [6, 6.07) is 10.2. The molecule has 19 heavy (non-hydrogen) atoms. The van der Waals surface area contributed by atoms with Gasteiger partial charge in [0.05, 0.1) is 16.3 Å². The van der Waals surface area contributed by atoms with Gasteiger partial charge in [0.1, 0.15) is 5.82 Å². The number of nitrogen functional groups attached to an aromatic ring is 1. The Labute approximate surface area is 124 Å². The zero-order valence-electron chi connectivity index (χ0n) is 9.60. The van der Waals surface area contributed by atoms with Crippen molar-refractivity contribution in [3.8, 4) is 0 Å². The van der Waals surface area contributed by atoms with Gasteiger partial charge in [-0.05, 0) is 52.9 Å². The second-order valence-corrected chi connectivity index (χ2v) is 6.61. The van der Waals surface area contributed by atoms with Crippen LogP contribution < -0.4 is 10.5 Å². The van der Waals surface area contributed by atoms with Crippen LogP contribution in [-0.2, 0) is 10.0 Å². The fourth-order valence-corrected chi connectivity index (χ4v) is 3.26. The fraction of sp³-hybridized carbons (Fsp3) is 0. The van der Waals surface area contributed by atoms with E-state index in [-0.39, 0.29) is 10.6 Å². The highest BCUT2D eigenvalue weighted by atomic mass is 127. The highest BCUT2D eigenvalue weighted by molar-refractivity contribution is 14.1. The van der Waals surface area contributed by atoms with Crippen molar-refractivity contribution >= 4 is 44.0 Å². The summed E-state index contributed by atoms with van der Waals surface area (Å²) >= 11 is 2.02. The first-order chi connectivity index (χ1) is 8.90. The Morgan fingerprint density at radius 2 is 1.84 bits per heavy atom.